The quantitative estimate of drug-likeness (QED) is 0.584. The molecule has 0 aliphatic rings. The number of nitrogens with one attached hydrogen (secondary N) is 1. The first kappa shape index (κ1) is 19.1. The highest BCUT2D eigenvalue weighted by Crippen LogP contribution is 2.29. The molecule has 1 amide bonds. The van der Waals surface area contributed by atoms with Gasteiger partial charge in [0.25, 0.3) is 0 Å². The van der Waals surface area contributed by atoms with Crippen molar-refractivity contribution in [2.24, 2.45) is 0 Å². The smallest absolute Gasteiger partial charge is 0.411 e. The summed E-state index contributed by atoms with van der Waals surface area (Å²) in [5.41, 5.74) is 0.854. The molecule has 0 saturated heterocycles. The molecule has 0 atom stereocenters. The summed E-state index contributed by atoms with van der Waals surface area (Å²) >= 11 is 12.0. The fraction of sp³-hybridized carbons (Fsp3) is 0.158. The molecule has 3 aromatic rings. The summed E-state index contributed by atoms with van der Waals surface area (Å²) in [7, 11) is 0. The molecule has 1 heterocycles. The van der Waals surface area contributed by atoms with Gasteiger partial charge in [-0.2, -0.15) is 0 Å². The zero-order chi connectivity index (χ0) is 19.4. The lowest BCUT2D eigenvalue weighted by Crippen LogP contribution is -2.13. The molecule has 140 valence electrons. The molecule has 1 N–H and O–H groups in total. The van der Waals surface area contributed by atoms with Gasteiger partial charge in [0.15, 0.2) is 0 Å². The van der Waals surface area contributed by atoms with E-state index in [1.54, 1.807) is 43.3 Å². The minimum Gasteiger partial charge on any atom is -0.487 e. The highest BCUT2D eigenvalue weighted by molar-refractivity contribution is 6.35. The summed E-state index contributed by atoms with van der Waals surface area (Å²) in [6, 6.07) is 11.2. The Morgan fingerprint density at radius 2 is 1.96 bits per heavy atom. The van der Waals surface area contributed by atoms with Crippen LogP contribution in [0.3, 0.4) is 0 Å². The van der Waals surface area contributed by atoms with Crippen LogP contribution in [0.5, 0.6) is 5.75 Å². The number of rotatable bonds is 5. The monoisotopic (exact) mass is 407 g/mol. The van der Waals surface area contributed by atoms with Crippen molar-refractivity contribution >= 4 is 46.0 Å². The molecular formula is C19H15Cl2NO5. The highest BCUT2D eigenvalue weighted by atomic mass is 35.5. The Balaban J connectivity index is 1.87. The van der Waals surface area contributed by atoms with Crippen LogP contribution in [0.4, 0.5) is 10.5 Å². The van der Waals surface area contributed by atoms with E-state index in [4.69, 9.17) is 37.1 Å². The van der Waals surface area contributed by atoms with Crippen LogP contribution in [-0.4, -0.2) is 12.7 Å². The molecule has 8 heteroatoms. The molecule has 2 aromatic carbocycles. The maximum atomic E-state index is 11.9. The Labute approximate surface area is 164 Å². The van der Waals surface area contributed by atoms with Crippen molar-refractivity contribution in [3.8, 4) is 5.75 Å². The number of anilines is 1. The maximum Gasteiger partial charge on any atom is 0.411 e. The zero-order valence-electron chi connectivity index (χ0n) is 14.3. The van der Waals surface area contributed by atoms with Gasteiger partial charge >= 0.3 is 11.7 Å². The van der Waals surface area contributed by atoms with Gasteiger partial charge in [0.1, 0.15) is 17.9 Å². The molecular weight excluding hydrogens is 393 g/mol. The molecule has 3 rings (SSSR count). The molecule has 0 spiro atoms. The van der Waals surface area contributed by atoms with Gasteiger partial charge < -0.3 is 13.9 Å². The third-order valence-electron chi connectivity index (χ3n) is 3.63. The third kappa shape index (κ3) is 4.72. The number of benzene rings is 2. The van der Waals surface area contributed by atoms with E-state index < -0.39 is 11.7 Å². The summed E-state index contributed by atoms with van der Waals surface area (Å²) in [6.07, 6.45) is -0.587. The number of amides is 1. The minimum absolute atomic E-state index is 0.105. The van der Waals surface area contributed by atoms with E-state index in [0.29, 0.717) is 38.0 Å². The van der Waals surface area contributed by atoms with Gasteiger partial charge in [-0.05, 0) is 37.3 Å². The standard InChI is InChI=1S/C19H15Cl2NO5/c1-2-25-19(24)22-13-4-5-14-11(7-18(23)27-17(14)9-13)10-26-16-6-3-12(20)8-15(16)21/h3-9H,2,10H2,1H3,(H,22,24). The molecule has 0 fully saturated rings. The molecule has 0 aliphatic heterocycles. The van der Waals surface area contributed by atoms with Crippen LogP contribution in [0.15, 0.2) is 51.7 Å². The topological polar surface area (TPSA) is 77.8 Å². The van der Waals surface area contributed by atoms with E-state index in [2.05, 4.69) is 5.32 Å². The minimum atomic E-state index is -0.587. The summed E-state index contributed by atoms with van der Waals surface area (Å²) in [6.45, 7) is 2.07. The highest BCUT2D eigenvalue weighted by Gasteiger charge is 2.10. The van der Waals surface area contributed by atoms with Crippen molar-refractivity contribution in [2.45, 2.75) is 13.5 Å². The molecule has 0 saturated carbocycles. The normalized spacial score (nSPS) is 10.6. The van der Waals surface area contributed by atoms with Crippen LogP contribution in [0, 0.1) is 0 Å². The van der Waals surface area contributed by atoms with Crippen LogP contribution in [0.1, 0.15) is 12.5 Å². The van der Waals surface area contributed by atoms with E-state index >= 15 is 0 Å². The second kappa shape index (κ2) is 8.33. The van der Waals surface area contributed by atoms with Gasteiger partial charge in [0.2, 0.25) is 0 Å². The van der Waals surface area contributed by atoms with E-state index in [9.17, 15) is 9.59 Å². The lowest BCUT2D eigenvalue weighted by Gasteiger charge is -2.11. The predicted octanol–water partition coefficient (Wildman–Crippen LogP) is 5.25. The second-order valence-corrected chi connectivity index (χ2v) is 6.35. The largest absolute Gasteiger partial charge is 0.487 e. The Bertz CT molecular complexity index is 1050. The fourth-order valence-electron chi connectivity index (χ4n) is 2.46. The van der Waals surface area contributed by atoms with Crippen LogP contribution >= 0.6 is 23.2 Å². The average molecular weight is 408 g/mol. The van der Waals surface area contributed by atoms with Crippen LogP contribution in [0.2, 0.25) is 10.0 Å². The first-order chi connectivity index (χ1) is 13.0. The first-order valence-electron chi connectivity index (χ1n) is 8.04. The average Bonchev–Trinajstić information content (AvgIpc) is 2.60. The van der Waals surface area contributed by atoms with Crippen LogP contribution < -0.4 is 15.7 Å². The molecule has 0 bridgehead atoms. The number of ether oxygens (including phenoxy) is 2. The van der Waals surface area contributed by atoms with Gasteiger partial charge in [0.05, 0.1) is 11.6 Å². The number of hydrogen-bond acceptors (Lipinski definition) is 5. The van der Waals surface area contributed by atoms with Crippen molar-refractivity contribution in [1.29, 1.82) is 0 Å². The number of hydrogen-bond donors (Lipinski definition) is 1. The van der Waals surface area contributed by atoms with Crippen molar-refractivity contribution in [2.75, 3.05) is 11.9 Å². The molecule has 6 nitrogen and oxygen atoms in total. The Morgan fingerprint density at radius 3 is 2.70 bits per heavy atom. The van der Waals surface area contributed by atoms with Gasteiger partial charge in [-0.25, -0.2) is 9.59 Å². The summed E-state index contributed by atoms with van der Waals surface area (Å²) in [5.74, 6) is 0.447. The first-order valence-corrected chi connectivity index (χ1v) is 8.80. The third-order valence-corrected chi connectivity index (χ3v) is 4.16. The van der Waals surface area contributed by atoms with Crippen molar-refractivity contribution < 1.29 is 18.7 Å². The zero-order valence-corrected chi connectivity index (χ0v) is 15.8. The Hall–Kier alpha value is -2.70. The van der Waals surface area contributed by atoms with Gasteiger partial charge in [-0.1, -0.05) is 23.2 Å². The number of carbonyl (C=O) groups excluding carboxylic acids is 1. The number of carbonyl (C=O) groups is 1. The van der Waals surface area contributed by atoms with Gasteiger partial charge in [0, 0.05) is 33.8 Å². The molecule has 0 unspecified atom stereocenters. The van der Waals surface area contributed by atoms with E-state index in [1.807, 2.05) is 0 Å². The van der Waals surface area contributed by atoms with E-state index in [0.717, 1.165) is 0 Å². The maximum absolute atomic E-state index is 11.9. The molecule has 0 radical (unpaired) electrons. The van der Waals surface area contributed by atoms with Crippen LogP contribution in [0.25, 0.3) is 11.0 Å². The lowest BCUT2D eigenvalue weighted by atomic mass is 10.1. The lowest BCUT2D eigenvalue weighted by molar-refractivity contribution is 0.168. The SMILES string of the molecule is CCOC(=O)Nc1ccc2c(COc3ccc(Cl)cc3Cl)cc(=O)oc2c1. The van der Waals surface area contributed by atoms with E-state index in [-0.39, 0.29) is 13.2 Å². The predicted molar refractivity (Wildman–Crippen MR) is 104 cm³/mol. The van der Waals surface area contributed by atoms with Crippen LogP contribution in [-0.2, 0) is 11.3 Å². The summed E-state index contributed by atoms with van der Waals surface area (Å²) < 4.78 is 15.8. The van der Waals surface area contributed by atoms with Crippen molar-refractivity contribution in [3.05, 3.63) is 68.5 Å². The van der Waals surface area contributed by atoms with Gasteiger partial charge in [-0.15, -0.1) is 0 Å². The fourth-order valence-corrected chi connectivity index (χ4v) is 2.92. The van der Waals surface area contributed by atoms with Gasteiger partial charge in [-0.3, -0.25) is 5.32 Å². The molecule has 1 aromatic heterocycles. The number of halogens is 2. The summed E-state index contributed by atoms with van der Waals surface area (Å²) in [5, 5.41) is 4.11. The molecule has 0 aliphatic carbocycles. The summed E-state index contributed by atoms with van der Waals surface area (Å²) in [4.78, 5) is 23.4. The van der Waals surface area contributed by atoms with Crippen molar-refractivity contribution in [1.82, 2.24) is 0 Å². The Kier molecular flexibility index (Phi) is 5.88. The van der Waals surface area contributed by atoms with Crippen molar-refractivity contribution in [3.63, 3.8) is 0 Å². The molecule has 27 heavy (non-hydrogen) atoms. The second-order valence-electron chi connectivity index (χ2n) is 5.51. The number of fused-ring (bicyclic) bond motifs is 1. The van der Waals surface area contributed by atoms with E-state index in [1.165, 1.54) is 6.07 Å². The Morgan fingerprint density at radius 1 is 1.15 bits per heavy atom.